The predicted molar refractivity (Wildman–Crippen MR) is 91.9 cm³/mol. The summed E-state index contributed by atoms with van der Waals surface area (Å²) in [7, 11) is 0. The van der Waals surface area contributed by atoms with Crippen LogP contribution >= 0.6 is 0 Å². The Morgan fingerprint density at radius 3 is 2.65 bits per heavy atom. The molecule has 0 radical (unpaired) electrons. The molecule has 0 unspecified atom stereocenters. The van der Waals surface area contributed by atoms with Crippen molar-refractivity contribution in [3.63, 3.8) is 0 Å². The Hall–Kier alpha value is -2.14. The molecule has 0 saturated carbocycles. The van der Waals surface area contributed by atoms with Crippen LogP contribution in [0.3, 0.4) is 0 Å². The Morgan fingerprint density at radius 2 is 1.96 bits per heavy atom. The Bertz CT molecular complexity index is 675. The number of hydrogen-bond acceptors (Lipinski definition) is 3. The molecule has 122 valence electrons. The average Bonchev–Trinajstić information content (AvgIpc) is 2.56. The largest absolute Gasteiger partial charge is 0.331 e. The van der Waals surface area contributed by atoms with Gasteiger partial charge in [-0.15, -0.1) is 0 Å². The number of aromatic nitrogens is 2. The van der Waals surface area contributed by atoms with E-state index in [-0.39, 0.29) is 5.56 Å². The number of nitrogens with zero attached hydrogens (tertiary/aromatic N) is 2. The zero-order valence-corrected chi connectivity index (χ0v) is 13.7. The summed E-state index contributed by atoms with van der Waals surface area (Å²) in [6.45, 7) is 7.16. The topological polar surface area (TPSA) is 53.4 Å². The van der Waals surface area contributed by atoms with Crippen molar-refractivity contribution in [1.82, 2.24) is 9.97 Å². The molecular weight excluding hydrogens is 288 g/mol. The number of hydrogen-bond donors (Lipinski definition) is 2. The molecule has 1 saturated heterocycles. The molecule has 5 nitrogen and oxygen atoms in total. The molecule has 1 fully saturated rings. The van der Waals surface area contributed by atoms with E-state index in [0.29, 0.717) is 0 Å². The van der Waals surface area contributed by atoms with Crippen LogP contribution in [0.25, 0.3) is 0 Å². The highest BCUT2D eigenvalue weighted by Gasteiger charge is 2.21. The second kappa shape index (κ2) is 7.42. The molecule has 1 aliphatic rings. The van der Waals surface area contributed by atoms with Gasteiger partial charge in [-0.05, 0) is 6.42 Å². The minimum Gasteiger partial charge on any atom is -0.331 e. The third-order valence-corrected chi connectivity index (χ3v) is 4.36. The summed E-state index contributed by atoms with van der Waals surface area (Å²) >= 11 is 0. The lowest BCUT2D eigenvalue weighted by Crippen LogP contribution is -3.13. The summed E-state index contributed by atoms with van der Waals surface area (Å²) in [5.41, 5.74) is 2.23. The van der Waals surface area contributed by atoms with Crippen molar-refractivity contribution in [3.05, 3.63) is 58.0 Å². The van der Waals surface area contributed by atoms with Gasteiger partial charge in [-0.2, -0.15) is 0 Å². The monoisotopic (exact) mass is 313 g/mol. The minimum atomic E-state index is -0.0440. The van der Waals surface area contributed by atoms with Crippen LogP contribution in [0.15, 0.2) is 41.2 Å². The summed E-state index contributed by atoms with van der Waals surface area (Å²) in [6, 6.07) is 12.2. The van der Waals surface area contributed by atoms with Gasteiger partial charge in [0.1, 0.15) is 6.54 Å². The zero-order valence-electron chi connectivity index (χ0n) is 13.7. The fraction of sp³-hybridized carbons (Fsp3) is 0.444. The summed E-state index contributed by atoms with van der Waals surface area (Å²) in [5, 5.41) is 0. The number of H-pyrrole nitrogens is 1. The number of rotatable bonds is 5. The van der Waals surface area contributed by atoms with Crippen LogP contribution in [0.2, 0.25) is 0 Å². The van der Waals surface area contributed by atoms with E-state index in [1.54, 1.807) is 11.0 Å². The molecule has 0 atom stereocenters. The molecule has 1 aliphatic heterocycles. The van der Waals surface area contributed by atoms with Crippen molar-refractivity contribution < 1.29 is 4.90 Å². The van der Waals surface area contributed by atoms with Crippen LogP contribution in [0.4, 0.5) is 5.95 Å². The quantitative estimate of drug-likeness (QED) is 0.851. The highest BCUT2D eigenvalue weighted by Crippen LogP contribution is 2.07. The Kier molecular flexibility index (Phi) is 5.08. The van der Waals surface area contributed by atoms with Gasteiger partial charge in [0.25, 0.3) is 5.56 Å². The number of nitrogens with one attached hydrogen (secondary N) is 2. The maximum Gasteiger partial charge on any atom is 0.252 e. The number of aromatic amines is 1. The van der Waals surface area contributed by atoms with E-state index >= 15 is 0 Å². The highest BCUT2D eigenvalue weighted by molar-refractivity contribution is 5.30. The number of aryl methyl sites for hydroxylation is 1. The van der Waals surface area contributed by atoms with Gasteiger partial charge in [0.05, 0.1) is 26.2 Å². The summed E-state index contributed by atoms with van der Waals surface area (Å²) in [6.07, 6.45) is 1.86. The number of anilines is 1. The molecule has 3 rings (SSSR count). The first-order valence-electron chi connectivity index (χ1n) is 8.47. The van der Waals surface area contributed by atoms with Crippen molar-refractivity contribution in [2.45, 2.75) is 26.3 Å². The van der Waals surface area contributed by atoms with E-state index in [0.717, 1.165) is 57.2 Å². The summed E-state index contributed by atoms with van der Waals surface area (Å²) in [5.74, 6) is 0.736. The van der Waals surface area contributed by atoms with E-state index < -0.39 is 0 Å². The van der Waals surface area contributed by atoms with Gasteiger partial charge in [0.2, 0.25) is 5.95 Å². The molecule has 23 heavy (non-hydrogen) atoms. The van der Waals surface area contributed by atoms with Gasteiger partial charge in [-0.3, -0.25) is 9.78 Å². The molecule has 0 bridgehead atoms. The zero-order chi connectivity index (χ0) is 16.1. The first-order chi connectivity index (χ1) is 11.2. The van der Waals surface area contributed by atoms with Crippen molar-refractivity contribution >= 4 is 5.95 Å². The SMILES string of the molecule is CCCc1cc(=O)[nH]c(N2CC[NH+](Cc3ccccc3)CC2)n1. The van der Waals surface area contributed by atoms with Crippen molar-refractivity contribution in [2.75, 3.05) is 31.1 Å². The normalized spacial score (nSPS) is 15.8. The number of benzene rings is 1. The second-order valence-electron chi connectivity index (χ2n) is 6.21. The van der Waals surface area contributed by atoms with Crippen molar-refractivity contribution in [1.29, 1.82) is 0 Å². The number of piperazine rings is 1. The first-order valence-corrected chi connectivity index (χ1v) is 8.47. The molecule has 1 aromatic carbocycles. The predicted octanol–water partition coefficient (Wildman–Crippen LogP) is 0.628. The molecule has 0 amide bonds. The Morgan fingerprint density at radius 1 is 1.22 bits per heavy atom. The lowest BCUT2D eigenvalue weighted by atomic mass is 10.2. The molecule has 2 aromatic rings. The fourth-order valence-corrected chi connectivity index (χ4v) is 3.12. The summed E-state index contributed by atoms with van der Waals surface area (Å²) < 4.78 is 0. The van der Waals surface area contributed by atoms with Crippen molar-refractivity contribution in [2.24, 2.45) is 0 Å². The Balaban J connectivity index is 1.61. The smallest absolute Gasteiger partial charge is 0.252 e. The van der Waals surface area contributed by atoms with Gasteiger partial charge in [0, 0.05) is 17.3 Å². The van der Waals surface area contributed by atoms with Gasteiger partial charge in [0.15, 0.2) is 0 Å². The third-order valence-electron chi connectivity index (χ3n) is 4.36. The maximum atomic E-state index is 11.8. The molecule has 2 heterocycles. The van der Waals surface area contributed by atoms with Crippen LogP contribution < -0.4 is 15.4 Å². The molecule has 1 aromatic heterocycles. The van der Waals surface area contributed by atoms with Crippen LogP contribution in [0.5, 0.6) is 0 Å². The van der Waals surface area contributed by atoms with E-state index in [4.69, 9.17) is 0 Å². The molecule has 5 heteroatoms. The highest BCUT2D eigenvalue weighted by atomic mass is 16.1. The minimum absolute atomic E-state index is 0.0440. The summed E-state index contributed by atoms with van der Waals surface area (Å²) in [4.78, 5) is 23.1. The van der Waals surface area contributed by atoms with E-state index in [1.807, 2.05) is 0 Å². The van der Waals surface area contributed by atoms with Crippen LogP contribution in [0.1, 0.15) is 24.6 Å². The van der Waals surface area contributed by atoms with Crippen LogP contribution in [-0.4, -0.2) is 36.1 Å². The van der Waals surface area contributed by atoms with Gasteiger partial charge >= 0.3 is 0 Å². The number of quaternary nitrogens is 1. The van der Waals surface area contributed by atoms with Gasteiger partial charge < -0.3 is 9.80 Å². The van der Waals surface area contributed by atoms with Crippen LogP contribution in [0, 0.1) is 0 Å². The lowest BCUT2D eigenvalue weighted by molar-refractivity contribution is -0.914. The first kappa shape index (κ1) is 15.7. The average molecular weight is 313 g/mol. The third kappa shape index (κ3) is 4.20. The molecular formula is C18H25N4O+. The lowest BCUT2D eigenvalue weighted by Gasteiger charge is -2.32. The van der Waals surface area contributed by atoms with Crippen LogP contribution in [-0.2, 0) is 13.0 Å². The standard InChI is InChI=1S/C18H24N4O/c1-2-6-16-13-17(23)20-18(19-16)22-11-9-21(10-12-22)14-15-7-4-3-5-8-15/h3-5,7-8,13H,2,6,9-12,14H2,1H3,(H,19,20,23)/p+1. The molecule has 0 spiro atoms. The van der Waals surface area contributed by atoms with Gasteiger partial charge in [-0.25, -0.2) is 4.98 Å². The second-order valence-corrected chi connectivity index (χ2v) is 6.21. The molecule has 2 N–H and O–H groups in total. The maximum absolute atomic E-state index is 11.8. The fourth-order valence-electron chi connectivity index (χ4n) is 3.12. The van der Waals surface area contributed by atoms with E-state index in [1.165, 1.54) is 5.56 Å². The van der Waals surface area contributed by atoms with Crippen molar-refractivity contribution in [3.8, 4) is 0 Å². The molecule has 0 aliphatic carbocycles. The van der Waals surface area contributed by atoms with Gasteiger partial charge in [-0.1, -0.05) is 43.7 Å². The Labute approximate surface area is 137 Å². The van der Waals surface area contributed by atoms with E-state index in [2.05, 4.69) is 52.1 Å². The van der Waals surface area contributed by atoms with E-state index in [9.17, 15) is 4.79 Å².